The van der Waals surface area contributed by atoms with Crippen LogP contribution in [0.4, 0.5) is 0 Å². The van der Waals surface area contributed by atoms with E-state index in [9.17, 15) is 4.79 Å². The second kappa shape index (κ2) is 6.90. The Morgan fingerprint density at radius 1 is 1.10 bits per heavy atom. The van der Waals surface area contributed by atoms with Crippen LogP contribution in [0.2, 0.25) is 0 Å². The lowest BCUT2D eigenvalue weighted by molar-refractivity contribution is -0.891. The second-order valence-electron chi connectivity index (χ2n) is 3.89. The van der Waals surface area contributed by atoms with Gasteiger partial charge in [0.15, 0.2) is 6.61 Å². The third kappa shape index (κ3) is 3.82. The molecule has 0 saturated carbocycles. The number of pyridine rings is 1. The van der Waals surface area contributed by atoms with E-state index in [0.717, 1.165) is 0 Å². The molecule has 0 aliphatic carbocycles. The number of hydrogen-bond acceptors (Lipinski definition) is 4. The van der Waals surface area contributed by atoms with Gasteiger partial charge in [0.1, 0.15) is 6.61 Å². The van der Waals surface area contributed by atoms with Crippen molar-refractivity contribution in [2.45, 2.75) is 0 Å². The molecule has 0 saturated heterocycles. The lowest BCUT2D eigenvalue weighted by Gasteiger charge is -2.03. The Morgan fingerprint density at radius 2 is 1.80 bits per heavy atom. The van der Waals surface area contributed by atoms with E-state index in [4.69, 9.17) is 14.8 Å². The minimum Gasteiger partial charge on any atom is -0.458 e. The number of nitrogens with zero attached hydrogens (tertiary/aromatic N) is 2. The lowest BCUT2D eigenvalue weighted by atomic mass is 10.2. The molecule has 5 heteroatoms. The predicted octanol–water partition coefficient (Wildman–Crippen LogP) is 1.13. The van der Waals surface area contributed by atoms with Gasteiger partial charge in [0, 0.05) is 16.9 Å². The number of carbonyl (C=O) groups is 1. The zero-order chi connectivity index (χ0) is 14.2. The molecule has 2 rings (SSSR count). The summed E-state index contributed by atoms with van der Waals surface area (Å²) >= 11 is 0. The van der Waals surface area contributed by atoms with E-state index in [-0.39, 0.29) is 19.2 Å². The Morgan fingerprint density at radius 3 is 2.45 bits per heavy atom. The van der Waals surface area contributed by atoms with Crippen LogP contribution in [0.15, 0.2) is 54.9 Å². The summed E-state index contributed by atoms with van der Waals surface area (Å²) in [6.07, 6.45) is 3.25. The van der Waals surface area contributed by atoms with Crippen molar-refractivity contribution in [2.24, 2.45) is 0 Å². The summed E-state index contributed by atoms with van der Waals surface area (Å²) in [5, 5.41) is 8.65. The van der Waals surface area contributed by atoms with Gasteiger partial charge in [0.25, 0.3) is 0 Å². The molecule has 0 fully saturated rings. The van der Waals surface area contributed by atoms with Crippen LogP contribution in [0.5, 0.6) is 0 Å². The van der Waals surface area contributed by atoms with E-state index in [1.54, 1.807) is 48.8 Å². The zero-order valence-electron chi connectivity index (χ0n) is 10.7. The van der Waals surface area contributed by atoms with E-state index in [1.807, 2.05) is 12.1 Å². The lowest BCUT2D eigenvalue weighted by Crippen LogP contribution is -2.43. The number of esters is 1. The number of rotatable bonds is 5. The molecule has 0 bridgehead atoms. The van der Waals surface area contributed by atoms with Crippen molar-refractivity contribution in [1.82, 2.24) is 0 Å². The minimum absolute atomic E-state index is 0.154. The highest BCUT2D eigenvalue weighted by molar-refractivity contribution is 5.89. The first-order valence-electron chi connectivity index (χ1n) is 6.06. The van der Waals surface area contributed by atoms with Gasteiger partial charge in [-0.1, -0.05) is 18.2 Å². The first-order valence-corrected chi connectivity index (χ1v) is 6.06. The Labute approximate surface area is 116 Å². The average Bonchev–Trinajstić information content (AvgIpc) is 2.53. The molecule has 100 valence electrons. The van der Waals surface area contributed by atoms with Crippen LogP contribution in [0.1, 0.15) is 15.9 Å². The zero-order valence-corrected chi connectivity index (χ0v) is 10.7. The first-order chi connectivity index (χ1) is 9.79. The molecular weight excluding hydrogens is 256 g/mol. The van der Waals surface area contributed by atoms with E-state index >= 15 is 0 Å². The molecule has 5 nitrogen and oxygen atoms in total. The molecule has 0 aliphatic rings. The maximum absolute atomic E-state index is 11.6. The Kier molecular flexibility index (Phi) is 4.68. The summed E-state index contributed by atoms with van der Waals surface area (Å²) in [6, 6.07) is 14.1. The Balaban J connectivity index is 1.74. The molecule has 20 heavy (non-hydrogen) atoms. The van der Waals surface area contributed by atoms with Crippen LogP contribution < -0.4 is 9.57 Å². The number of hydrogen-bond donors (Lipinski definition) is 0. The fourth-order valence-corrected chi connectivity index (χ4v) is 1.51. The maximum Gasteiger partial charge on any atom is 0.338 e. The monoisotopic (exact) mass is 269 g/mol. The molecule has 1 aromatic carbocycles. The van der Waals surface area contributed by atoms with Crippen molar-refractivity contribution in [3.63, 3.8) is 0 Å². The van der Waals surface area contributed by atoms with Crippen LogP contribution in [0.3, 0.4) is 0 Å². The van der Waals surface area contributed by atoms with Gasteiger partial charge in [-0.2, -0.15) is 5.26 Å². The summed E-state index contributed by atoms with van der Waals surface area (Å²) in [7, 11) is 0. The number of benzene rings is 1. The quantitative estimate of drug-likeness (QED) is 0.464. The number of aromatic nitrogens is 1. The smallest absolute Gasteiger partial charge is 0.338 e. The van der Waals surface area contributed by atoms with E-state index in [2.05, 4.69) is 0 Å². The average molecular weight is 269 g/mol. The molecule has 2 aromatic rings. The van der Waals surface area contributed by atoms with Crippen LogP contribution in [-0.4, -0.2) is 19.2 Å². The van der Waals surface area contributed by atoms with Gasteiger partial charge in [-0.15, -0.1) is 0 Å². The summed E-state index contributed by atoms with van der Waals surface area (Å²) in [4.78, 5) is 16.9. The maximum atomic E-state index is 11.6. The topological polar surface area (TPSA) is 63.2 Å². The van der Waals surface area contributed by atoms with E-state index in [0.29, 0.717) is 11.1 Å². The molecule has 0 unspecified atom stereocenters. The second-order valence-corrected chi connectivity index (χ2v) is 3.89. The van der Waals surface area contributed by atoms with Gasteiger partial charge in [-0.25, -0.2) is 4.79 Å². The fourth-order valence-electron chi connectivity index (χ4n) is 1.51. The molecule has 0 aliphatic heterocycles. The molecular formula is C15H13N2O3+. The van der Waals surface area contributed by atoms with Gasteiger partial charge >= 0.3 is 5.97 Å². The molecule has 0 amide bonds. The minimum atomic E-state index is -0.376. The first kappa shape index (κ1) is 13.6. The predicted molar refractivity (Wildman–Crippen MR) is 69.5 cm³/mol. The summed E-state index contributed by atoms with van der Waals surface area (Å²) in [5.41, 5.74) is 1.07. The van der Waals surface area contributed by atoms with E-state index < -0.39 is 0 Å². The largest absolute Gasteiger partial charge is 0.458 e. The molecule has 0 atom stereocenters. The van der Waals surface area contributed by atoms with Gasteiger partial charge in [-0.3, -0.25) is 4.84 Å². The highest BCUT2D eigenvalue weighted by Crippen LogP contribution is 2.00. The normalized spacial score (nSPS) is 9.55. The summed E-state index contributed by atoms with van der Waals surface area (Å²) < 4.78 is 6.52. The van der Waals surface area contributed by atoms with Crippen molar-refractivity contribution >= 4 is 5.97 Å². The van der Waals surface area contributed by atoms with Crippen molar-refractivity contribution < 1.29 is 19.1 Å². The molecule has 0 spiro atoms. The number of nitriles is 1. The third-order valence-corrected chi connectivity index (χ3v) is 2.50. The Hall–Kier alpha value is -2.87. The van der Waals surface area contributed by atoms with Crippen molar-refractivity contribution in [1.29, 1.82) is 5.26 Å². The molecule has 0 N–H and O–H groups in total. The SMILES string of the molecule is N#Cc1cc[n+](OCCOC(=O)c2ccccc2)cc1. The standard InChI is InChI=1S/C15H13N2O3/c16-12-13-6-8-17(9-7-13)20-11-10-19-15(18)14-4-2-1-3-5-14/h1-9H,10-11H2/q+1. The summed E-state index contributed by atoms with van der Waals surface area (Å²) in [5.74, 6) is -0.376. The van der Waals surface area contributed by atoms with Gasteiger partial charge in [0.05, 0.1) is 17.2 Å². The summed E-state index contributed by atoms with van der Waals surface area (Å²) in [6.45, 7) is 0.385. The molecule has 1 aromatic heterocycles. The van der Waals surface area contributed by atoms with Crippen LogP contribution in [0.25, 0.3) is 0 Å². The van der Waals surface area contributed by atoms with Crippen LogP contribution >= 0.6 is 0 Å². The third-order valence-electron chi connectivity index (χ3n) is 2.50. The number of carbonyl (C=O) groups excluding carboxylic acids is 1. The van der Waals surface area contributed by atoms with Gasteiger partial charge in [0.2, 0.25) is 12.4 Å². The van der Waals surface area contributed by atoms with Gasteiger partial charge in [-0.05, 0) is 12.1 Å². The highest BCUT2D eigenvalue weighted by Gasteiger charge is 2.07. The van der Waals surface area contributed by atoms with Crippen molar-refractivity contribution in [2.75, 3.05) is 13.2 Å². The fraction of sp³-hybridized carbons (Fsp3) is 0.133. The van der Waals surface area contributed by atoms with E-state index in [1.165, 1.54) is 4.73 Å². The highest BCUT2D eigenvalue weighted by atomic mass is 16.7. The Bertz CT molecular complexity index is 603. The van der Waals surface area contributed by atoms with Crippen molar-refractivity contribution in [3.8, 4) is 6.07 Å². The van der Waals surface area contributed by atoms with Crippen LogP contribution in [0, 0.1) is 11.3 Å². The van der Waals surface area contributed by atoms with Crippen LogP contribution in [-0.2, 0) is 4.74 Å². The molecule has 0 radical (unpaired) electrons. The van der Waals surface area contributed by atoms with Crippen molar-refractivity contribution in [3.05, 3.63) is 66.0 Å². The number of ether oxygens (including phenoxy) is 1. The van der Waals surface area contributed by atoms with Gasteiger partial charge < -0.3 is 4.74 Å². The molecule has 1 heterocycles.